The van der Waals surface area contributed by atoms with Crippen molar-refractivity contribution in [3.8, 4) is 0 Å². The van der Waals surface area contributed by atoms with Gasteiger partial charge < -0.3 is 0 Å². The lowest BCUT2D eigenvalue weighted by Gasteiger charge is -2.14. The van der Waals surface area contributed by atoms with Crippen LogP contribution in [0, 0.1) is 16.0 Å². The summed E-state index contributed by atoms with van der Waals surface area (Å²) in [4.78, 5) is 10.7. The van der Waals surface area contributed by atoms with E-state index >= 15 is 0 Å². The first-order valence-corrected chi connectivity index (χ1v) is 5.35. The van der Waals surface area contributed by atoms with E-state index in [1.165, 1.54) is 25.7 Å². The maximum Gasteiger partial charge on any atom is 0.215 e. The average molecular weight is 185 g/mol. The summed E-state index contributed by atoms with van der Waals surface area (Å²) in [7, 11) is 0. The molecule has 1 aliphatic rings. The number of nitro groups is 1. The van der Waals surface area contributed by atoms with Gasteiger partial charge in [0, 0.05) is 17.3 Å². The minimum absolute atomic E-state index is 0.0734. The van der Waals surface area contributed by atoms with Gasteiger partial charge in [0.15, 0.2) is 0 Å². The summed E-state index contributed by atoms with van der Waals surface area (Å²) in [6.07, 6.45) is 7.73. The zero-order valence-corrected chi connectivity index (χ0v) is 8.37. The molecule has 0 amide bonds. The summed E-state index contributed by atoms with van der Waals surface area (Å²) in [5.74, 6) is 0.271. The van der Waals surface area contributed by atoms with Gasteiger partial charge in [0.25, 0.3) is 0 Å². The van der Waals surface area contributed by atoms with Crippen LogP contribution in [0.25, 0.3) is 0 Å². The molecule has 1 fully saturated rings. The Bertz CT molecular complexity index is 170. The van der Waals surface area contributed by atoms with Crippen molar-refractivity contribution in [2.75, 3.05) is 0 Å². The van der Waals surface area contributed by atoms with Gasteiger partial charge in [-0.15, -0.1) is 0 Å². The second-order valence-electron chi connectivity index (χ2n) is 4.18. The molecule has 0 aromatic rings. The van der Waals surface area contributed by atoms with Crippen molar-refractivity contribution >= 4 is 0 Å². The lowest BCUT2D eigenvalue weighted by molar-refractivity contribution is -0.532. The third-order valence-corrected chi connectivity index (χ3v) is 3.09. The molecular weight excluding hydrogens is 166 g/mol. The van der Waals surface area contributed by atoms with Crippen molar-refractivity contribution in [3.63, 3.8) is 0 Å². The molecule has 3 nitrogen and oxygen atoms in total. The number of hydrogen-bond donors (Lipinski definition) is 0. The van der Waals surface area contributed by atoms with Gasteiger partial charge in [-0.2, -0.15) is 0 Å². The topological polar surface area (TPSA) is 43.1 Å². The minimum atomic E-state index is -0.280. The second kappa shape index (κ2) is 5.20. The molecule has 0 spiro atoms. The zero-order chi connectivity index (χ0) is 9.68. The average Bonchev–Trinajstić information content (AvgIpc) is 2.16. The van der Waals surface area contributed by atoms with Gasteiger partial charge in [0.1, 0.15) is 0 Å². The molecule has 0 saturated heterocycles. The first-order valence-electron chi connectivity index (χ1n) is 5.35. The van der Waals surface area contributed by atoms with Crippen LogP contribution < -0.4 is 0 Å². The van der Waals surface area contributed by atoms with Crippen molar-refractivity contribution in [2.45, 2.75) is 57.9 Å². The van der Waals surface area contributed by atoms with E-state index in [2.05, 4.69) is 0 Å². The highest BCUT2D eigenvalue weighted by Gasteiger charge is 2.27. The van der Waals surface area contributed by atoms with Crippen LogP contribution in [-0.4, -0.2) is 11.0 Å². The summed E-state index contributed by atoms with van der Waals surface area (Å²) in [5.41, 5.74) is 0. The first-order chi connectivity index (χ1) is 6.22. The molecule has 2 unspecified atom stereocenters. The van der Waals surface area contributed by atoms with E-state index < -0.39 is 0 Å². The van der Waals surface area contributed by atoms with E-state index in [1.807, 2.05) is 6.92 Å². The molecule has 0 radical (unpaired) electrons. The molecule has 0 aromatic heterocycles. The molecule has 1 saturated carbocycles. The molecule has 0 heterocycles. The number of rotatable bonds is 1. The number of nitrogens with zero attached hydrogens (tertiary/aromatic N) is 1. The molecule has 3 heteroatoms. The SMILES string of the molecule is CC1CCCCCCCC1[N+](=O)[O-]. The minimum Gasteiger partial charge on any atom is -0.264 e. The van der Waals surface area contributed by atoms with Crippen LogP contribution in [0.15, 0.2) is 0 Å². The molecule has 76 valence electrons. The lowest BCUT2D eigenvalue weighted by atomic mass is 9.94. The monoisotopic (exact) mass is 185 g/mol. The Hall–Kier alpha value is -0.600. The first kappa shape index (κ1) is 10.5. The van der Waals surface area contributed by atoms with Crippen LogP contribution in [0.5, 0.6) is 0 Å². The van der Waals surface area contributed by atoms with Gasteiger partial charge in [-0.25, -0.2) is 0 Å². The van der Waals surface area contributed by atoms with Gasteiger partial charge in [-0.3, -0.25) is 10.1 Å². The lowest BCUT2D eigenvalue weighted by Crippen LogP contribution is -2.27. The fraction of sp³-hybridized carbons (Fsp3) is 1.00. The van der Waals surface area contributed by atoms with Crippen molar-refractivity contribution < 1.29 is 4.92 Å². The Morgan fingerprint density at radius 1 is 1.08 bits per heavy atom. The summed E-state index contributed by atoms with van der Waals surface area (Å²) >= 11 is 0. The molecular formula is C10H19NO2. The van der Waals surface area contributed by atoms with E-state index in [4.69, 9.17) is 0 Å². The molecule has 1 rings (SSSR count). The molecule has 0 aromatic carbocycles. The van der Waals surface area contributed by atoms with Crippen LogP contribution in [0.3, 0.4) is 0 Å². The Balaban J connectivity index is 2.50. The Labute approximate surface area is 79.7 Å². The van der Waals surface area contributed by atoms with Crippen LogP contribution >= 0.6 is 0 Å². The Morgan fingerprint density at radius 3 is 2.23 bits per heavy atom. The smallest absolute Gasteiger partial charge is 0.215 e. The highest BCUT2D eigenvalue weighted by atomic mass is 16.6. The van der Waals surface area contributed by atoms with E-state index in [9.17, 15) is 10.1 Å². The van der Waals surface area contributed by atoms with Crippen LogP contribution in [0.4, 0.5) is 0 Å². The van der Waals surface area contributed by atoms with Gasteiger partial charge in [0.2, 0.25) is 6.04 Å². The normalized spacial score (nSPS) is 31.5. The molecule has 13 heavy (non-hydrogen) atoms. The van der Waals surface area contributed by atoms with Crippen molar-refractivity contribution in [1.82, 2.24) is 0 Å². The number of hydrogen-bond acceptors (Lipinski definition) is 2. The van der Waals surface area contributed by atoms with E-state index in [0.717, 1.165) is 19.3 Å². The van der Waals surface area contributed by atoms with Crippen molar-refractivity contribution in [3.05, 3.63) is 10.1 Å². The van der Waals surface area contributed by atoms with Gasteiger partial charge in [-0.1, -0.05) is 32.6 Å². The van der Waals surface area contributed by atoms with Gasteiger partial charge in [0.05, 0.1) is 0 Å². The molecule has 2 atom stereocenters. The maximum atomic E-state index is 10.7. The fourth-order valence-electron chi connectivity index (χ4n) is 2.14. The van der Waals surface area contributed by atoms with Crippen LogP contribution in [0.1, 0.15) is 51.9 Å². The van der Waals surface area contributed by atoms with Crippen LogP contribution in [-0.2, 0) is 0 Å². The second-order valence-corrected chi connectivity index (χ2v) is 4.18. The zero-order valence-electron chi connectivity index (χ0n) is 8.37. The quantitative estimate of drug-likeness (QED) is 0.465. The third kappa shape index (κ3) is 3.33. The Morgan fingerprint density at radius 2 is 1.62 bits per heavy atom. The standard InChI is InChI=1S/C10H19NO2/c1-9-7-5-3-2-4-6-8-10(9)11(12)13/h9-10H,2-8H2,1H3. The Kier molecular flexibility index (Phi) is 4.19. The van der Waals surface area contributed by atoms with Crippen LogP contribution in [0.2, 0.25) is 0 Å². The molecule has 0 N–H and O–H groups in total. The van der Waals surface area contributed by atoms with E-state index in [1.54, 1.807) is 0 Å². The molecule has 0 aliphatic heterocycles. The largest absolute Gasteiger partial charge is 0.264 e. The highest BCUT2D eigenvalue weighted by molar-refractivity contribution is 4.68. The predicted molar refractivity (Wildman–Crippen MR) is 52.3 cm³/mol. The van der Waals surface area contributed by atoms with Gasteiger partial charge in [-0.05, 0) is 12.8 Å². The summed E-state index contributed by atoms with van der Waals surface area (Å²) in [6.45, 7) is 2.03. The predicted octanol–water partition coefficient (Wildman–Crippen LogP) is 3.01. The summed E-state index contributed by atoms with van der Waals surface area (Å²) in [5, 5.41) is 10.7. The summed E-state index contributed by atoms with van der Waals surface area (Å²) in [6, 6.07) is -0.280. The molecule has 0 bridgehead atoms. The van der Waals surface area contributed by atoms with Crippen molar-refractivity contribution in [2.24, 2.45) is 5.92 Å². The highest BCUT2D eigenvalue weighted by Crippen LogP contribution is 2.23. The summed E-state index contributed by atoms with van der Waals surface area (Å²) < 4.78 is 0. The fourth-order valence-corrected chi connectivity index (χ4v) is 2.14. The van der Waals surface area contributed by atoms with E-state index in [-0.39, 0.29) is 16.9 Å². The van der Waals surface area contributed by atoms with E-state index in [0.29, 0.717) is 0 Å². The van der Waals surface area contributed by atoms with Crippen molar-refractivity contribution in [1.29, 1.82) is 0 Å². The van der Waals surface area contributed by atoms with Gasteiger partial charge >= 0.3 is 0 Å². The molecule has 1 aliphatic carbocycles. The maximum absolute atomic E-state index is 10.7. The third-order valence-electron chi connectivity index (χ3n) is 3.09.